The van der Waals surface area contributed by atoms with E-state index in [4.69, 9.17) is 14.6 Å². The van der Waals surface area contributed by atoms with Gasteiger partial charge in [-0.05, 0) is 130 Å². The van der Waals surface area contributed by atoms with Gasteiger partial charge in [-0.3, -0.25) is 0 Å². The molecule has 2 aliphatic rings. The van der Waals surface area contributed by atoms with Gasteiger partial charge in [0, 0.05) is 23.1 Å². The van der Waals surface area contributed by atoms with Gasteiger partial charge < -0.3 is 14.6 Å². The van der Waals surface area contributed by atoms with E-state index < -0.39 is 23.1 Å². The maximum atomic E-state index is 11.7. The molecule has 10 heteroatoms. The Balaban J connectivity index is 0.000000175. The number of ether oxygens (including phenoxy) is 2. The molecule has 3 aromatic heterocycles. The van der Waals surface area contributed by atoms with Gasteiger partial charge in [-0.15, -0.1) is 0 Å². The standard InChI is InChI=1S/C13H17NO2.C10H12BrNO2.C9H9NO2/c1-13(2,3)16-12(15)11-7-6-10(8-14-11)9-4-5-9;1-10(2,3)14-9(13)8-5-4-7(11)6-12-8;11-9(12)8-4-3-7(5-10-8)6-1-2-6/h6-9H,4-5H2,1-3H3;4-6H,1-3H3;3-6H,1-2H2,(H,11,12). The van der Waals surface area contributed by atoms with Gasteiger partial charge in [0.05, 0.1) is 0 Å². The minimum absolute atomic E-state index is 0.124. The van der Waals surface area contributed by atoms with E-state index in [2.05, 4.69) is 30.9 Å². The van der Waals surface area contributed by atoms with Crippen molar-refractivity contribution >= 4 is 33.8 Å². The second-order valence-corrected chi connectivity index (χ2v) is 13.1. The molecule has 42 heavy (non-hydrogen) atoms. The normalized spacial score (nSPS) is 14.4. The van der Waals surface area contributed by atoms with Crippen molar-refractivity contribution < 1.29 is 29.0 Å². The number of esters is 2. The lowest BCUT2D eigenvalue weighted by molar-refractivity contribution is 0.00505. The van der Waals surface area contributed by atoms with Gasteiger partial charge in [0.25, 0.3) is 0 Å². The number of rotatable bonds is 5. The molecule has 0 bridgehead atoms. The largest absolute Gasteiger partial charge is 0.477 e. The molecule has 0 saturated heterocycles. The Labute approximate surface area is 255 Å². The summed E-state index contributed by atoms with van der Waals surface area (Å²) >= 11 is 3.24. The van der Waals surface area contributed by atoms with E-state index in [0.29, 0.717) is 23.2 Å². The van der Waals surface area contributed by atoms with Crippen LogP contribution in [0.5, 0.6) is 0 Å². The SMILES string of the molecule is CC(C)(C)OC(=O)c1ccc(Br)cn1.CC(C)(C)OC(=O)c1ccc(C2CC2)cn1.O=C(O)c1ccc(C2CC2)cn1. The molecule has 2 fully saturated rings. The van der Waals surface area contributed by atoms with Crippen LogP contribution in [-0.4, -0.2) is 49.2 Å². The van der Waals surface area contributed by atoms with Gasteiger partial charge in [-0.1, -0.05) is 12.1 Å². The molecule has 2 saturated carbocycles. The van der Waals surface area contributed by atoms with Crippen molar-refractivity contribution in [2.24, 2.45) is 0 Å². The molecule has 3 aromatic rings. The van der Waals surface area contributed by atoms with Gasteiger partial charge >= 0.3 is 17.9 Å². The van der Waals surface area contributed by atoms with E-state index in [1.807, 2.05) is 53.7 Å². The second-order valence-electron chi connectivity index (χ2n) is 12.2. The number of halogens is 1. The fourth-order valence-corrected chi connectivity index (χ4v) is 3.77. The van der Waals surface area contributed by atoms with E-state index >= 15 is 0 Å². The monoisotopic (exact) mass is 639 g/mol. The van der Waals surface area contributed by atoms with Crippen LogP contribution in [0.2, 0.25) is 0 Å². The fraction of sp³-hybridized carbons (Fsp3) is 0.438. The first-order valence-electron chi connectivity index (χ1n) is 13.8. The van der Waals surface area contributed by atoms with Crippen molar-refractivity contribution in [1.29, 1.82) is 0 Å². The number of carbonyl (C=O) groups is 3. The summed E-state index contributed by atoms with van der Waals surface area (Å²) in [4.78, 5) is 45.5. The Morgan fingerprint density at radius 1 is 0.667 bits per heavy atom. The third kappa shape index (κ3) is 11.7. The highest BCUT2D eigenvalue weighted by molar-refractivity contribution is 9.10. The molecule has 9 nitrogen and oxygen atoms in total. The van der Waals surface area contributed by atoms with Crippen LogP contribution in [0.25, 0.3) is 0 Å². The summed E-state index contributed by atoms with van der Waals surface area (Å²) in [6.45, 7) is 11.0. The van der Waals surface area contributed by atoms with Gasteiger partial charge in [-0.25, -0.2) is 29.3 Å². The Morgan fingerprint density at radius 3 is 1.33 bits per heavy atom. The van der Waals surface area contributed by atoms with E-state index in [1.54, 1.807) is 42.9 Å². The molecular formula is C32H38BrN3O6. The number of carboxylic acid groups (broad SMARTS) is 1. The second kappa shape index (κ2) is 14.0. The first kappa shape index (κ1) is 32.8. The maximum Gasteiger partial charge on any atom is 0.357 e. The van der Waals surface area contributed by atoms with E-state index in [0.717, 1.165) is 4.47 Å². The predicted octanol–water partition coefficient (Wildman–Crippen LogP) is 7.37. The van der Waals surface area contributed by atoms with Crippen LogP contribution >= 0.6 is 15.9 Å². The molecule has 0 radical (unpaired) electrons. The van der Waals surface area contributed by atoms with Gasteiger partial charge in [-0.2, -0.15) is 0 Å². The average molecular weight is 641 g/mol. The Morgan fingerprint density at radius 2 is 1.05 bits per heavy atom. The predicted molar refractivity (Wildman–Crippen MR) is 162 cm³/mol. The molecule has 0 spiro atoms. The smallest absolute Gasteiger partial charge is 0.357 e. The summed E-state index contributed by atoms with van der Waals surface area (Å²) in [6.07, 6.45) is 9.94. The highest BCUT2D eigenvalue weighted by atomic mass is 79.9. The number of aromatic nitrogens is 3. The lowest BCUT2D eigenvalue weighted by atomic mass is 10.1. The maximum absolute atomic E-state index is 11.7. The number of carboxylic acids is 1. The summed E-state index contributed by atoms with van der Waals surface area (Å²) in [7, 11) is 0. The Hall–Kier alpha value is -3.66. The molecule has 1 N–H and O–H groups in total. The van der Waals surface area contributed by atoms with E-state index in [1.165, 1.54) is 36.8 Å². The third-order valence-corrected chi connectivity index (χ3v) is 6.30. The van der Waals surface area contributed by atoms with Gasteiger partial charge in [0.1, 0.15) is 28.3 Å². The van der Waals surface area contributed by atoms with Crippen molar-refractivity contribution in [1.82, 2.24) is 15.0 Å². The van der Waals surface area contributed by atoms with Crippen LogP contribution in [0.3, 0.4) is 0 Å². The first-order chi connectivity index (χ1) is 19.6. The van der Waals surface area contributed by atoms with Crippen molar-refractivity contribution in [2.45, 2.75) is 90.3 Å². The molecule has 0 aliphatic heterocycles. The molecule has 0 atom stereocenters. The highest BCUT2D eigenvalue weighted by Crippen LogP contribution is 2.40. The zero-order valence-electron chi connectivity index (χ0n) is 24.9. The van der Waals surface area contributed by atoms with Crippen LogP contribution in [0.15, 0.2) is 59.5 Å². The van der Waals surface area contributed by atoms with Gasteiger partial charge in [0.2, 0.25) is 0 Å². The van der Waals surface area contributed by atoms with Crippen LogP contribution in [0.1, 0.15) is 122 Å². The number of aromatic carboxylic acids is 1. The topological polar surface area (TPSA) is 129 Å². The van der Waals surface area contributed by atoms with Gasteiger partial charge in [0.15, 0.2) is 0 Å². The molecule has 0 unspecified atom stereocenters. The molecular weight excluding hydrogens is 602 g/mol. The van der Waals surface area contributed by atoms with E-state index in [-0.39, 0.29) is 11.7 Å². The van der Waals surface area contributed by atoms with Crippen LogP contribution in [-0.2, 0) is 9.47 Å². The molecule has 3 heterocycles. The third-order valence-electron chi connectivity index (χ3n) is 5.83. The van der Waals surface area contributed by atoms with Crippen LogP contribution < -0.4 is 0 Å². The molecule has 224 valence electrons. The Bertz CT molecular complexity index is 1350. The highest BCUT2D eigenvalue weighted by Gasteiger charge is 2.25. The van der Waals surface area contributed by atoms with E-state index in [9.17, 15) is 14.4 Å². The minimum Gasteiger partial charge on any atom is -0.477 e. The zero-order valence-corrected chi connectivity index (χ0v) is 26.5. The summed E-state index contributed by atoms with van der Waals surface area (Å²) in [5.74, 6) is -0.405. The first-order valence-corrected chi connectivity index (χ1v) is 14.6. The summed E-state index contributed by atoms with van der Waals surface area (Å²) in [6, 6.07) is 10.5. The zero-order chi connectivity index (χ0) is 31.1. The van der Waals surface area contributed by atoms with Crippen LogP contribution in [0, 0.1) is 0 Å². The number of carbonyl (C=O) groups excluding carboxylic acids is 2. The lowest BCUT2D eigenvalue weighted by Crippen LogP contribution is -2.24. The quantitative estimate of drug-likeness (QED) is 0.284. The fourth-order valence-electron chi connectivity index (χ4n) is 3.53. The summed E-state index contributed by atoms with van der Waals surface area (Å²) in [5, 5.41) is 8.57. The molecule has 0 amide bonds. The van der Waals surface area contributed by atoms with Crippen molar-refractivity contribution in [3.63, 3.8) is 0 Å². The van der Waals surface area contributed by atoms with Crippen LogP contribution in [0.4, 0.5) is 0 Å². The van der Waals surface area contributed by atoms with Crippen molar-refractivity contribution in [3.05, 3.63) is 87.7 Å². The minimum atomic E-state index is -0.961. The average Bonchev–Trinajstić information content (AvgIpc) is 3.82. The van der Waals surface area contributed by atoms with Crippen molar-refractivity contribution in [2.75, 3.05) is 0 Å². The molecule has 0 aromatic carbocycles. The Kier molecular flexibility index (Phi) is 11.0. The molecule has 2 aliphatic carbocycles. The molecule has 5 rings (SSSR count). The lowest BCUT2D eigenvalue weighted by Gasteiger charge is -2.19. The number of pyridine rings is 3. The summed E-state index contributed by atoms with van der Waals surface area (Å²) < 4.78 is 11.2. The number of hydrogen-bond acceptors (Lipinski definition) is 8. The number of nitrogens with zero attached hydrogens (tertiary/aromatic N) is 3. The summed E-state index contributed by atoms with van der Waals surface area (Å²) in [5.41, 5.74) is 2.29. The number of hydrogen-bond donors (Lipinski definition) is 1. The van der Waals surface area contributed by atoms with Crippen molar-refractivity contribution in [3.8, 4) is 0 Å².